The molecular weight excluding hydrogens is 246 g/mol. The fourth-order valence-corrected chi connectivity index (χ4v) is 1.41. The third-order valence-electron chi connectivity index (χ3n) is 2.39. The lowest BCUT2D eigenvalue weighted by molar-refractivity contribution is -0.131. The average molecular weight is 261 g/mol. The van der Waals surface area contributed by atoms with Crippen LogP contribution in [0.25, 0.3) is 6.08 Å². The van der Waals surface area contributed by atoms with Crippen molar-refractivity contribution in [2.45, 2.75) is 19.4 Å². The molecule has 1 atom stereocenters. The number of nitrogens with zero attached hydrogens (tertiary/aromatic N) is 1. The number of ether oxygens (including phenoxy) is 2. The molecule has 0 radical (unpaired) electrons. The molecule has 0 heterocycles. The highest BCUT2D eigenvalue weighted by Crippen LogP contribution is 2.29. The zero-order chi connectivity index (χ0) is 14.3. The Morgan fingerprint density at radius 3 is 2.79 bits per heavy atom. The monoisotopic (exact) mass is 261 g/mol. The number of hydrogen-bond donors (Lipinski definition) is 1. The van der Waals surface area contributed by atoms with Crippen molar-refractivity contribution in [2.24, 2.45) is 0 Å². The Labute approximate surface area is 111 Å². The number of aliphatic carboxylic acids is 1. The molecule has 5 nitrogen and oxygen atoms in total. The topological polar surface area (TPSA) is 79.5 Å². The molecule has 0 amide bonds. The molecule has 100 valence electrons. The van der Waals surface area contributed by atoms with Crippen molar-refractivity contribution < 1.29 is 19.4 Å². The summed E-state index contributed by atoms with van der Waals surface area (Å²) < 4.78 is 10.7. The standard InChI is InChI=1S/C14H15NO4/c1-3-11(9-15)19-12-6-4-10(5-7-14(16)17)8-13(12)18-2/h4-8,11H,3H2,1-2H3,(H,16,17). The first kappa shape index (κ1) is 14.6. The van der Waals surface area contributed by atoms with Gasteiger partial charge in [-0.25, -0.2) is 4.79 Å². The largest absolute Gasteiger partial charge is 0.493 e. The molecule has 19 heavy (non-hydrogen) atoms. The van der Waals surface area contributed by atoms with Gasteiger partial charge in [-0.05, 0) is 30.2 Å². The second kappa shape index (κ2) is 7.07. The van der Waals surface area contributed by atoms with Gasteiger partial charge in [0, 0.05) is 6.08 Å². The summed E-state index contributed by atoms with van der Waals surface area (Å²) in [4.78, 5) is 10.4. The molecule has 1 aromatic rings. The molecule has 0 aromatic heterocycles. The highest BCUT2D eigenvalue weighted by atomic mass is 16.5. The number of carboxylic acid groups (broad SMARTS) is 1. The van der Waals surface area contributed by atoms with Crippen LogP contribution in [0.3, 0.4) is 0 Å². The van der Waals surface area contributed by atoms with Crippen LogP contribution in [0.2, 0.25) is 0 Å². The van der Waals surface area contributed by atoms with Crippen molar-refractivity contribution >= 4 is 12.0 Å². The molecule has 0 spiro atoms. The van der Waals surface area contributed by atoms with Crippen LogP contribution in [0.4, 0.5) is 0 Å². The molecule has 1 rings (SSSR count). The summed E-state index contributed by atoms with van der Waals surface area (Å²) in [5, 5.41) is 17.4. The lowest BCUT2D eigenvalue weighted by Crippen LogP contribution is -2.12. The highest BCUT2D eigenvalue weighted by Gasteiger charge is 2.11. The predicted octanol–water partition coefficient (Wildman–Crippen LogP) is 2.47. The second-order valence-corrected chi connectivity index (χ2v) is 3.73. The zero-order valence-electron chi connectivity index (χ0n) is 10.8. The van der Waals surface area contributed by atoms with Crippen molar-refractivity contribution in [3.8, 4) is 17.6 Å². The summed E-state index contributed by atoms with van der Waals surface area (Å²) in [6.45, 7) is 1.85. The molecular formula is C14H15NO4. The van der Waals surface area contributed by atoms with Gasteiger partial charge in [0.1, 0.15) is 6.07 Å². The van der Waals surface area contributed by atoms with Crippen molar-refractivity contribution in [1.82, 2.24) is 0 Å². The maximum absolute atomic E-state index is 10.4. The van der Waals surface area contributed by atoms with Crippen LogP contribution in [0.5, 0.6) is 11.5 Å². The molecule has 1 N–H and O–H groups in total. The molecule has 0 saturated heterocycles. The SMILES string of the molecule is CCC(C#N)Oc1ccc(C=CC(=O)O)cc1OC. The van der Waals surface area contributed by atoms with Crippen LogP contribution in [0.15, 0.2) is 24.3 Å². The summed E-state index contributed by atoms with van der Waals surface area (Å²) in [5.74, 6) is -0.0977. The van der Waals surface area contributed by atoms with E-state index >= 15 is 0 Å². The summed E-state index contributed by atoms with van der Waals surface area (Å²) >= 11 is 0. The van der Waals surface area contributed by atoms with E-state index < -0.39 is 12.1 Å². The predicted molar refractivity (Wildman–Crippen MR) is 70.0 cm³/mol. The van der Waals surface area contributed by atoms with Gasteiger partial charge in [-0.2, -0.15) is 5.26 Å². The molecule has 0 aliphatic rings. The van der Waals surface area contributed by atoms with Gasteiger partial charge in [0.15, 0.2) is 17.6 Å². The van der Waals surface area contributed by atoms with E-state index in [9.17, 15) is 4.79 Å². The Hall–Kier alpha value is -2.48. The lowest BCUT2D eigenvalue weighted by atomic mass is 10.2. The Kier molecular flexibility index (Phi) is 5.42. The van der Waals surface area contributed by atoms with E-state index in [1.165, 1.54) is 13.2 Å². The van der Waals surface area contributed by atoms with Crippen LogP contribution < -0.4 is 9.47 Å². The summed E-state index contributed by atoms with van der Waals surface area (Å²) in [6.07, 6.45) is 2.53. The zero-order valence-corrected chi connectivity index (χ0v) is 10.8. The van der Waals surface area contributed by atoms with E-state index in [0.29, 0.717) is 23.5 Å². The fourth-order valence-electron chi connectivity index (χ4n) is 1.41. The van der Waals surface area contributed by atoms with Gasteiger partial charge in [-0.15, -0.1) is 0 Å². The molecule has 0 fully saturated rings. The van der Waals surface area contributed by atoms with Crippen LogP contribution in [-0.4, -0.2) is 24.3 Å². The van der Waals surface area contributed by atoms with Crippen LogP contribution in [0.1, 0.15) is 18.9 Å². The first-order valence-electron chi connectivity index (χ1n) is 5.76. The minimum absolute atomic E-state index is 0.459. The third kappa shape index (κ3) is 4.36. The number of carboxylic acids is 1. The summed E-state index contributed by atoms with van der Waals surface area (Å²) in [5.41, 5.74) is 0.677. The number of carbonyl (C=O) groups is 1. The minimum Gasteiger partial charge on any atom is -0.493 e. The lowest BCUT2D eigenvalue weighted by Gasteiger charge is -2.14. The molecule has 0 saturated carbocycles. The maximum Gasteiger partial charge on any atom is 0.328 e. The van der Waals surface area contributed by atoms with Crippen molar-refractivity contribution in [3.05, 3.63) is 29.8 Å². The summed E-state index contributed by atoms with van der Waals surface area (Å²) in [7, 11) is 1.49. The number of rotatable bonds is 6. The molecule has 5 heteroatoms. The first-order chi connectivity index (χ1) is 9.10. The number of nitriles is 1. The first-order valence-corrected chi connectivity index (χ1v) is 5.76. The number of hydrogen-bond acceptors (Lipinski definition) is 4. The van der Waals surface area contributed by atoms with Crippen molar-refractivity contribution in [3.63, 3.8) is 0 Å². The van der Waals surface area contributed by atoms with Gasteiger partial charge >= 0.3 is 5.97 Å². The Bertz CT molecular complexity index is 517. The third-order valence-corrected chi connectivity index (χ3v) is 2.39. The van der Waals surface area contributed by atoms with E-state index in [4.69, 9.17) is 19.8 Å². The Morgan fingerprint density at radius 1 is 1.53 bits per heavy atom. The summed E-state index contributed by atoms with van der Waals surface area (Å²) in [6, 6.07) is 7.04. The molecule has 0 aliphatic carbocycles. The Balaban J connectivity index is 2.96. The highest BCUT2D eigenvalue weighted by molar-refractivity contribution is 5.85. The number of methoxy groups -OCH3 is 1. The van der Waals surface area contributed by atoms with Gasteiger partial charge in [0.25, 0.3) is 0 Å². The van der Waals surface area contributed by atoms with Crippen LogP contribution in [-0.2, 0) is 4.79 Å². The van der Waals surface area contributed by atoms with Crippen LogP contribution in [0, 0.1) is 11.3 Å². The minimum atomic E-state index is -1.02. The average Bonchev–Trinajstić information content (AvgIpc) is 2.42. The van der Waals surface area contributed by atoms with Gasteiger partial charge in [0.2, 0.25) is 0 Å². The van der Waals surface area contributed by atoms with Crippen molar-refractivity contribution in [2.75, 3.05) is 7.11 Å². The maximum atomic E-state index is 10.4. The molecule has 0 bridgehead atoms. The van der Waals surface area contributed by atoms with Crippen LogP contribution >= 0.6 is 0 Å². The van der Waals surface area contributed by atoms with E-state index in [1.54, 1.807) is 18.2 Å². The Morgan fingerprint density at radius 2 is 2.26 bits per heavy atom. The number of benzene rings is 1. The molecule has 1 unspecified atom stereocenters. The van der Waals surface area contributed by atoms with E-state index in [1.807, 2.05) is 13.0 Å². The van der Waals surface area contributed by atoms with Gasteiger partial charge in [-0.1, -0.05) is 13.0 Å². The normalized spacial score (nSPS) is 11.8. The van der Waals surface area contributed by atoms with E-state index in [0.717, 1.165) is 6.08 Å². The quantitative estimate of drug-likeness (QED) is 0.796. The van der Waals surface area contributed by atoms with Gasteiger partial charge in [-0.3, -0.25) is 0 Å². The van der Waals surface area contributed by atoms with Crippen molar-refractivity contribution in [1.29, 1.82) is 5.26 Å². The molecule has 0 aliphatic heterocycles. The second-order valence-electron chi connectivity index (χ2n) is 3.73. The van der Waals surface area contributed by atoms with E-state index in [2.05, 4.69) is 0 Å². The van der Waals surface area contributed by atoms with Gasteiger partial charge < -0.3 is 14.6 Å². The fraction of sp³-hybridized carbons (Fsp3) is 0.286. The van der Waals surface area contributed by atoms with E-state index in [-0.39, 0.29) is 0 Å². The smallest absolute Gasteiger partial charge is 0.328 e. The molecule has 1 aromatic carbocycles. The van der Waals surface area contributed by atoms with Gasteiger partial charge in [0.05, 0.1) is 7.11 Å².